The Morgan fingerprint density at radius 1 is 1.26 bits per heavy atom. The van der Waals surface area contributed by atoms with Crippen molar-refractivity contribution in [3.8, 4) is 0 Å². The zero-order valence-corrected chi connectivity index (χ0v) is 11.6. The van der Waals surface area contributed by atoms with Crippen molar-refractivity contribution in [3.63, 3.8) is 0 Å². The van der Waals surface area contributed by atoms with Crippen molar-refractivity contribution in [1.29, 1.82) is 0 Å². The van der Waals surface area contributed by atoms with Crippen LogP contribution in [-0.4, -0.2) is 12.0 Å². The van der Waals surface area contributed by atoms with Crippen LogP contribution in [0.3, 0.4) is 0 Å². The molecule has 0 bridgehead atoms. The third-order valence-electron chi connectivity index (χ3n) is 3.36. The number of hydrogen-bond acceptors (Lipinski definition) is 2. The Kier molecular flexibility index (Phi) is 3.44. The van der Waals surface area contributed by atoms with Crippen molar-refractivity contribution in [2.75, 3.05) is 0 Å². The third-order valence-corrected chi connectivity index (χ3v) is 3.86. The lowest BCUT2D eigenvalue weighted by molar-refractivity contribution is 0.282. The Balaban J connectivity index is 2.01. The van der Waals surface area contributed by atoms with Gasteiger partial charge in [0.25, 0.3) is 0 Å². The van der Waals surface area contributed by atoms with E-state index in [0.717, 1.165) is 27.1 Å². The van der Waals surface area contributed by atoms with Gasteiger partial charge in [-0.1, -0.05) is 35.3 Å². The second-order valence-corrected chi connectivity index (χ2v) is 5.49. The molecular formula is C14H11BCl2O2. The molecule has 0 fully saturated rings. The molecule has 0 saturated heterocycles. The van der Waals surface area contributed by atoms with Crippen molar-refractivity contribution in [2.24, 2.45) is 0 Å². The minimum Gasteiger partial charge on any atom is -0.557 e. The van der Waals surface area contributed by atoms with E-state index in [2.05, 4.69) is 0 Å². The summed E-state index contributed by atoms with van der Waals surface area (Å²) in [5, 5.41) is 10.9. The molecular weight excluding hydrogens is 282 g/mol. The highest BCUT2D eigenvalue weighted by Crippen LogP contribution is 2.33. The van der Waals surface area contributed by atoms with Crippen LogP contribution in [0.5, 0.6) is 0 Å². The van der Waals surface area contributed by atoms with Crippen molar-refractivity contribution in [3.05, 3.63) is 63.3 Å². The van der Waals surface area contributed by atoms with E-state index in [1.54, 1.807) is 12.3 Å². The summed E-state index contributed by atoms with van der Waals surface area (Å²) in [7, 11) is 0. The molecule has 0 saturated carbocycles. The van der Waals surface area contributed by atoms with Gasteiger partial charge < -0.3 is 9.76 Å². The van der Waals surface area contributed by atoms with Crippen molar-refractivity contribution >= 4 is 35.6 Å². The minimum absolute atomic E-state index is 0.0606. The quantitative estimate of drug-likeness (QED) is 0.849. The third kappa shape index (κ3) is 2.34. The summed E-state index contributed by atoms with van der Waals surface area (Å²) in [5.74, 6) is 0. The number of halogens is 2. The van der Waals surface area contributed by atoms with Gasteiger partial charge in [-0.15, -0.1) is 0 Å². The van der Waals surface area contributed by atoms with Gasteiger partial charge in [-0.2, -0.15) is 0 Å². The molecule has 0 spiro atoms. The van der Waals surface area contributed by atoms with Gasteiger partial charge in [0.15, 0.2) is 0 Å². The molecule has 0 atom stereocenters. The van der Waals surface area contributed by atoms with E-state index >= 15 is 0 Å². The lowest BCUT2D eigenvalue weighted by atomic mass is 9.52. The summed E-state index contributed by atoms with van der Waals surface area (Å²) < 4.78 is 5.74. The van der Waals surface area contributed by atoms with E-state index in [-0.39, 0.29) is 13.5 Å². The molecule has 5 heteroatoms. The Hall–Kier alpha value is -1.16. The average molecular weight is 293 g/mol. The van der Waals surface area contributed by atoms with Gasteiger partial charge in [0.2, 0.25) is 0 Å². The minimum atomic E-state index is -0.185. The Labute approximate surface area is 122 Å². The maximum atomic E-state index is 9.46. The molecule has 1 aliphatic heterocycles. The van der Waals surface area contributed by atoms with Crippen molar-refractivity contribution in [2.45, 2.75) is 13.0 Å². The van der Waals surface area contributed by atoms with E-state index in [4.69, 9.17) is 27.9 Å². The zero-order chi connectivity index (χ0) is 13.4. The molecule has 0 radical (unpaired) electrons. The smallest absolute Gasteiger partial charge is 0.426 e. The van der Waals surface area contributed by atoms with Gasteiger partial charge >= 0.3 is 6.92 Å². The average Bonchev–Trinajstić information content (AvgIpc) is 2.81. The summed E-state index contributed by atoms with van der Waals surface area (Å²) in [4.78, 5) is 0. The maximum absolute atomic E-state index is 9.46. The predicted octanol–water partition coefficient (Wildman–Crippen LogP) is 2.94. The molecule has 19 heavy (non-hydrogen) atoms. The lowest BCUT2D eigenvalue weighted by Crippen LogP contribution is -2.35. The summed E-state index contributed by atoms with van der Waals surface area (Å²) in [6.07, 6.45) is 6.32. The van der Waals surface area contributed by atoms with E-state index in [1.165, 1.54) is 0 Å². The topological polar surface area (TPSA) is 29.5 Å². The molecule has 2 nitrogen and oxygen atoms in total. The second-order valence-electron chi connectivity index (χ2n) is 4.57. The second kappa shape index (κ2) is 5.08. The van der Waals surface area contributed by atoms with Gasteiger partial charge in [-0.05, 0) is 40.3 Å². The SMILES string of the molecule is OCc1cc(Cl)ccc1B1OC=C2CC(Cl)=CC=C12. The molecule has 0 aromatic heterocycles. The summed E-state index contributed by atoms with van der Waals surface area (Å²) in [6, 6.07) is 5.48. The molecule has 0 amide bonds. The number of hydrogen-bond donors (Lipinski definition) is 1. The van der Waals surface area contributed by atoms with Gasteiger partial charge in [-0.25, -0.2) is 0 Å². The molecule has 1 aromatic carbocycles. The van der Waals surface area contributed by atoms with Crippen molar-refractivity contribution < 1.29 is 9.76 Å². The first-order valence-corrected chi connectivity index (χ1v) is 6.75. The maximum Gasteiger partial charge on any atom is 0.426 e. The van der Waals surface area contributed by atoms with E-state index < -0.39 is 0 Å². The Morgan fingerprint density at radius 2 is 2.11 bits per heavy atom. The van der Waals surface area contributed by atoms with Crippen LogP contribution >= 0.6 is 23.2 Å². The Morgan fingerprint density at radius 3 is 2.89 bits per heavy atom. The largest absolute Gasteiger partial charge is 0.557 e. The van der Waals surface area contributed by atoms with Crippen LogP contribution in [0.15, 0.2) is 52.7 Å². The number of benzene rings is 1. The van der Waals surface area contributed by atoms with E-state index in [0.29, 0.717) is 11.4 Å². The van der Waals surface area contributed by atoms with Crippen LogP contribution in [0.25, 0.3) is 0 Å². The van der Waals surface area contributed by atoms with Gasteiger partial charge in [0.05, 0.1) is 12.9 Å². The first-order valence-electron chi connectivity index (χ1n) is 5.99. The highest BCUT2D eigenvalue weighted by atomic mass is 35.5. The number of aliphatic hydroxyl groups is 1. The first-order chi connectivity index (χ1) is 9.19. The van der Waals surface area contributed by atoms with Crippen LogP contribution in [-0.2, 0) is 11.3 Å². The monoisotopic (exact) mass is 292 g/mol. The van der Waals surface area contributed by atoms with Crippen LogP contribution in [0.1, 0.15) is 12.0 Å². The Bertz CT molecular complexity index is 620. The molecule has 1 aromatic rings. The zero-order valence-electron chi connectivity index (χ0n) is 10.1. The van der Waals surface area contributed by atoms with Gasteiger partial charge in [0.1, 0.15) is 0 Å². The highest BCUT2D eigenvalue weighted by Gasteiger charge is 2.35. The predicted molar refractivity (Wildman–Crippen MR) is 78.6 cm³/mol. The number of allylic oxidation sites excluding steroid dienone is 5. The number of aliphatic hydroxyl groups excluding tert-OH is 1. The fourth-order valence-electron chi connectivity index (χ4n) is 2.43. The van der Waals surface area contributed by atoms with Gasteiger partial charge in [0, 0.05) is 16.5 Å². The molecule has 1 N–H and O–H groups in total. The van der Waals surface area contributed by atoms with Crippen LogP contribution in [0, 0.1) is 0 Å². The molecule has 3 rings (SSSR count). The van der Waals surface area contributed by atoms with Crippen LogP contribution in [0.2, 0.25) is 5.02 Å². The van der Waals surface area contributed by atoms with E-state index in [9.17, 15) is 5.11 Å². The lowest BCUT2D eigenvalue weighted by Gasteiger charge is -2.15. The molecule has 1 heterocycles. The summed E-state index contributed by atoms with van der Waals surface area (Å²) >= 11 is 12.0. The van der Waals surface area contributed by atoms with Crippen molar-refractivity contribution in [1.82, 2.24) is 0 Å². The van der Waals surface area contributed by atoms with E-state index in [1.807, 2.05) is 24.3 Å². The molecule has 2 aliphatic rings. The number of rotatable bonds is 2. The number of fused-ring (bicyclic) bond motifs is 1. The summed E-state index contributed by atoms with van der Waals surface area (Å²) in [6.45, 7) is -0.245. The van der Waals surface area contributed by atoms with Crippen LogP contribution in [0.4, 0.5) is 0 Å². The highest BCUT2D eigenvalue weighted by molar-refractivity contribution is 6.76. The summed E-state index contributed by atoms with van der Waals surface area (Å²) in [5.41, 5.74) is 3.92. The molecule has 0 unspecified atom stereocenters. The van der Waals surface area contributed by atoms with Crippen LogP contribution < -0.4 is 5.46 Å². The fourth-order valence-corrected chi connectivity index (χ4v) is 2.83. The molecule has 96 valence electrons. The van der Waals surface area contributed by atoms with Gasteiger partial charge in [-0.3, -0.25) is 0 Å². The molecule has 1 aliphatic carbocycles. The standard InChI is InChI=1S/C14H11BCl2O2/c16-11-1-3-13(9(5-11)7-18)15-14-4-2-12(17)6-10(14)8-19-15/h1-5,8,18H,6-7H2. The fraction of sp³-hybridized carbons (Fsp3) is 0.143. The normalized spacial score (nSPS) is 17.4. The first kappa shape index (κ1) is 12.9.